The van der Waals surface area contributed by atoms with Crippen LogP contribution in [0.4, 0.5) is 4.79 Å². The van der Waals surface area contributed by atoms with Crippen LogP contribution in [0.25, 0.3) is 0 Å². The van der Waals surface area contributed by atoms with Gasteiger partial charge in [0, 0.05) is 16.2 Å². The van der Waals surface area contributed by atoms with E-state index in [4.69, 9.17) is 16.3 Å². The maximum absolute atomic E-state index is 11.9. The van der Waals surface area contributed by atoms with Gasteiger partial charge in [-0.25, -0.2) is 4.79 Å². The fourth-order valence-electron chi connectivity index (χ4n) is 2.11. The van der Waals surface area contributed by atoms with Gasteiger partial charge in [0.05, 0.1) is 11.1 Å². The molecule has 1 aromatic carbocycles. The highest BCUT2D eigenvalue weighted by atomic mass is 35.5. The zero-order valence-electron chi connectivity index (χ0n) is 12.2. The van der Waals surface area contributed by atoms with E-state index in [1.807, 2.05) is 20.8 Å². The SMILES string of the molecule is CC(C)(C)OC(=O)NC1CCSc2cc(C=O)c(Cl)cc21. The molecule has 1 heterocycles. The van der Waals surface area contributed by atoms with E-state index in [0.717, 1.165) is 28.9 Å². The number of halogens is 1. The number of thioether (sulfide) groups is 1. The Morgan fingerprint density at radius 1 is 1.48 bits per heavy atom. The zero-order chi connectivity index (χ0) is 15.6. The van der Waals surface area contributed by atoms with Crippen LogP contribution in [-0.4, -0.2) is 23.7 Å². The van der Waals surface area contributed by atoms with E-state index in [1.54, 1.807) is 23.9 Å². The Bertz CT molecular complexity index is 569. The standard InChI is InChI=1S/C15H18ClNO3S/c1-15(2,3)20-14(19)17-12-4-5-21-13-6-9(8-18)11(16)7-10(12)13/h6-8,12H,4-5H2,1-3H3,(H,17,19). The lowest BCUT2D eigenvalue weighted by atomic mass is 10.0. The summed E-state index contributed by atoms with van der Waals surface area (Å²) in [6.07, 6.45) is 1.10. The van der Waals surface area contributed by atoms with Crippen LogP contribution in [-0.2, 0) is 4.74 Å². The van der Waals surface area contributed by atoms with Gasteiger partial charge in [-0.1, -0.05) is 11.6 Å². The normalized spacial score (nSPS) is 17.8. The fourth-order valence-corrected chi connectivity index (χ4v) is 3.48. The van der Waals surface area contributed by atoms with E-state index < -0.39 is 11.7 Å². The van der Waals surface area contributed by atoms with E-state index >= 15 is 0 Å². The maximum Gasteiger partial charge on any atom is 0.408 e. The van der Waals surface area contributed by atoms with Crippen molar-refractivity contribution < 1.29 is 14.3 Å². The Labute approximate surface area is 133 Å². The number of rotatable bonds is 2. The molecule has 0 fully saturated rings. The maximum atomic E-state index is 11.9. The number of fused-ring (bicyclic) bond motifs is 1. The number of carbonyl (C=O) groups excluding carboxylic acids is 2. The molecule has 0 saturated heterocycles. The first-order valence-electron chi connectivity index (χ1n) is 6.71. The lowest BCUT2D eigenvalue weighted by Crippen LogP contribution is -2.36. The number of hydrogen-bond donors (Lipinski definition) is 1. The largest absolute Gasteiger partial charge is 0.444 e. The monoisotopic (exact) mass is 327 g/mol. The molecule has 1 unspecified atom stereocenters. The number of amides is 1. The van der Waals surface area contributed by atoms with Crippen LogP contribution in [0.2, 0.25) is 5.02 Å². The second-order valence-electron chi connectivity index (χ2n) is 5.87. The van der Waals surface area contributed by atoms with Gasteiger partial charge in [0.25, 0.3) is 0 Å². The third-order valence-electron chi connectivity index (χ3n) is 2.99. The molecule has 2 rings (SSSR count). The summed E-state index contributed by atoms with van der Waals surface area (Å²) in [5, 5.41) is 3.28. The molecule has 0 bridgehead atoms. The number of nitrogens with one attached hydrogen (secondary N) is 1. The fraction of sp³-hybridized carbons (Fsp3) is 0.467. The van der Waals surface area contributed by atoms with Crippen LogP contribution < -0.4 is 5.32 Å². The summed E-state index contributed by atoms with van der Waals surface area (Å²) in [6, 6.07) is 3.39. The highest BCUT2D eigenvalue weighted by Crippen LogP contribution is 2.38. The predicted molar refractivity (Wildman–Crippen MR) is 84.3 cm³/mol. The number of hydrogen-bond acceptors (Lipinski definition) is 4. The van der Waals surface area contributed by atoms with Crippen LogP contribution in [0.1, 0.15) is 49.2 Å². The molecule has 1 N–H and O–H groups in total. The molecule has 1 aliphatic heterocycles. The van der Waals surface area contributed by atoms with E-state index in [9.17, 15) is 9.59 Å². The third-order valence-corrected chi connectivity index (χ3v) is 4.42. The molecule has 1 aromatic rings. The molecule has 6 heteroatoms. The van der Waals surface area contributed by atoms with Crippen LogP contribution >= 0.6 is 23.4 Å². The van der Waals surface area contributed by atoms with Crippen molar-refractivity contribution in [1.82, 2.24) is 5.32 Å². The van der Waals surface area contributed by atoms with Crippen molar-refractivity contribution in [3.8, 4) is 0 Å². The second kappa shape index (κ2) is 6.28. The highest BCUT2D eigenvalue weighted by molar-refractivity contribution is 7.99. The van der Waals surface area contributed by atoms with E-state index in [2.05, 4.69) is 5.32 Å². The Morgan fingerprint density at radius 3 is 2.81 bits per heavy atom. The van der Waals surface area contributed by atoms with E-state index in [1.165, 1.54) is 0 Å². The molecule has 1 atom stereocenters. The van der Waals surface area contributed by atoms with Crippen molar-refractivity contribution in [3.05, 3.63) is 28.3 Å². The Balaban J connectivity index is 2.20. The average Bonchev–Trinajstić information content (AvgIpc) is 2.36. The van der Waals surface area contributed by atoms with Crippen molar-refractivity contribution in [1.29, 1.82) is 0 Å². The first-order chi connectivity index (χ1) is 9.80. The molecule has 21 heavy (non-hydrogen) atoms. The minimum Gasteiger partial charge on any atom is -0.444 e. The lowest BCUT2D eigenvalue weighted by molar-refractivity contribution is 0.0501. The summed E-state index contributed by atoms with van der Waals surface area (Å²) in [4.78, 5) is 23.8. The summed E-state index contributed by atoms with van der Waals surface area (Å²) >= 11 is 7.75. The van der Waals surface area contributed by atoms with Gasteiger partial charge in [0.2, 0.25) is 0 Å². The molecular weight excluding hydrogens is 310 g/mol. The Morgan fingerprint density at radius 2 is 2.19 bits per heavy atom. The Kier molecular flexibility index (Phi) is 4.84. The van der Waals surface area contributed by atoms with Crippen LogP contribution in [0.3, 0.4) is 0 Å². The predicted octanol–water partition coefficient (Wildman–Crippen LogP) is 4.21. The van der Waals surface area contributed by atoms with Crippen molar-refractivity contribution in [3.63, 3.8) is 0 Å². The van der Waals surface area contributed by atoms with Gasteiger partial charge in [0.15, 0.2) is 6.29 Å². The smallest absolute Gasteiger partial charge is 0.408 e. The van der Waals surface area contributed by atoms with Crippen molar-refractivity contribution in [2.45, 2.75) is 43.7 Å². The molecule has 1 amide bonds. The molecule has 0 saturated carbocycles. The summed E-state index contributed by atoms with van der Waals surface area (Å²) < 4.78 is 5.28. The quantitative estimate of drug-likeness (QED) is 0.826. The minimum absolute atomic E-state index is 0.144. The van der Waals surface area contributed by atoms with Gasteiger partial charge in [-0.15, -0.1) is 11.8 Å². The Hall–Kier alpha value is -1.20. The van der Waals surface area contributed by atoms with E-state index in [0.29, 0.717) is 10.6 Å². The molecule has 0 aliphatic carbocycles. The van der Waals surface area contributed by atoms with Gasteiger partial charge in [-0.3, -0.25) is 4.79 Å². The van der Waals surface area contributed by atoms with Crippen LogP contribution in [0, 0.1) is 0 Å². The third kappa shape index (κ3) is 4.14. The van der Waals surface area contributed by atoms with Gasteiger partial charge in [0.1, 0.15) is 5.60 Å². The lowest BCUT2D eigenvalue weighted by Gasteiger charge is -2.28. The highest BCUT2D eigenvalue weighted by Gasteiger charge is 2.26. The summed E-state index contributed by atoms with van der Waals surface area (Å²) in [7, 11) is 0. The van der Waals surface area contributed by atoms with Crippen molar-refractivity contribution in [2.24, 2.45) is 0 Å². The molecular formula is C15H18ClNO3S. The summed E-state index contributed by atoms with van der Waals surface area (Å²) in [5.74, 6) is 0.868. The topological polar surface area (TPSA) is 55.4 Å². The van der Waals surface area contributed by atoms with Crippen LogP contribution in [0.5, 0.6) is 0 Å². The number of aldehydes is 1. The van der Waals surface area contributed by atoms with Gasteiger partial charge in [-0.05, 0) is 44.9 Å². The summed E-state index contributed by atoms with van der Waals surface area (Å²) in [5.41, 5.74) is 0.878. The minimum atomic E-state index is -0.532. The molecule has 0 aromatic heterocycles. The van der Waals surface area contributed by atoms with Gasteiger partial charge >= 0.3 is 6.09 Å². The van der Waals surface area contributed by atoms with Crippen molar-refractivity contribution >= 4 is 35.7 Å². The molecule has 0 spiro atoms. The van der Waals surface area contributed by atoms with E-state index in [-0.39, 0.29) is 6.04 Å². The molecule has 4 nitrogen and oxygen atoms in total. The number of carbonyl (C=O) groups is 2. The average molecular weight is 328 g/mol. The number of benzene rings is 1. The molecule has 1 aliphatic rings. The van der Waals surface area contributed by atoms with Gasteiger partial charge < -0.3 is 10.1 Å². The molecule has 114 valence electrons. The summed E-state index contributed by atoms with van der Waals surface area (Å²) in [6.45, 7) is 5.47. The first-order valence-corrected chi connectivity index (χ1v) is 8.07. The second-order valence-corrected chi connectivity index (χ2v) is 7.41. The zero-order valence-corrected chi connectivity index (χ0v) is 13.8. The number of alkyl carbamates (subject to hydrolysis) is 1. The van der Waals surface area contributed by atoms with Gasteiger partial charge in [-0.2, -0.15) is 0 Å². The van der Waals surface area contributed by atoms with Crippen molar-refractivity contribution in [2.75, 3.05) is 5.75 Å². The number of ether oxygens (including phenoxy) is 1. The first kappa shape index (κ1) is 16.2. The molecule has 0 radical (unpaired) electrons. The van der Waals surface area contributed by atoms with Crippen LogP contribution in [0.15, 0.2) is 17.0 Å².